The monoisotopic (exact) mass is 354 g/mol. The number of imidazole rings is 1. The minimum atomic E-state index is -0.504. The maximum atomic E-state index is 11.5. The van der Waals surface area contributed by atoms with Gasteiger partial charge in [0.2, 0.25) is 11.6 Å². The Bertz CT molecular complexity index is 882. The van der Waals surface area contributed by atoms with Crippen LogP contribution in [0.1, 0.15) is 12.1 Å². The van der Waals surface area contributed by atoms with Crippen LogP contribution in [0.4, 0.5) is 23.1 Å². The van der Waals surface area contributed by atoms with Gasteiger partial charge in [0, 0.05) is 31.2 Å². The molecule has 0 bridgehead atoms. The molecule has 0 aliphatic rings. The minimum Gasteiger partial charge on any atom is -0.364 e. The number of pyridine rings is 1. The zero-order chi connectivity index (χ0) is 18.4. The summed E-state index contributed by atoms with van der Waals surface area (Å²) in [5.74, 6) is 0.754. The fourth-order valence-corrected chi connectivity index (χ4v) is 2.39. The van der Waals surface area contributed by atoms with Crippen LogP contribution in [0.5, 0.6) is 0 Å². The molecule has 10 nitrogen and oxygen atoms in total. The summed E-state index contributed by atoms with van der Waals surface area (Å²) >= 11 is 0. The Labute approximate surface area is 149 Å². The van der Waals surface area contributed by atoms with Crippen molar-refractivity contribution in [3.63, 3.8) is 0 Å². The molecule has 0 atom stereocenters. The van der Waals surface area contributed by atoms with E-state index in [0.29, 0.717) is 12.4 Å². The molecule has 0 fully saturated rings. The van der Waals surface area contributed by atoms with Crippen molar-refractivity contribution in [1.29, 1.82) is 0 Å². The number of nitro groups is 1. The highest BCUT2D eigenvalue weighted by molar-refractivity contribution is 5.72. The van der Waals surface area contributed by atoms with Crippen LogP contribution in [0.2, 0.25) is 0 Å². The van der Waals surface area contributed by atoms with Gasteiger partial charge in [0.25, 0.3) is 0 Å². The normalized spacial score (nSPS) is 10.5. The summed E-state index contributed by atoms with van der Waals surface area (Å²) in [6, 6.07) is 5.37. The predicted octanol–water partition coefficient (Wildman–Crippen LogP) is 2.53. The number of hydrogen-bond acceptors (Lipinski definition) is 8. The van der Waals surface area contributed by atoms with Gasteiger partial charge in [0.05, 0.1) is 11.3 Å². The van der Waals surface area contributed by atoms with Gasteiger partial charge in [-0.3, -0.25) is 10.1 Å². The van der Waals surface area contributed by atoms with Crippen LogP contribution >= 0.6 is 0 Å². The summed E-state index contributed by atoms with van der Waals surface area (Å²) in [7, 11) is 0. The van der Waals surface area contributed by atoms with E-state index in [1.807, 2.05) is 29.8 Å². The molecule has 26 heavy (non-hydrogen) atoms. The molecule has 0 amide bonds. The lowest BCUT2D eigenvalue weighted by molar-refractivity contribution is -0.383. The third-order valence-electron chi connectivity index (χ3n) is 3.58. The van der Waals surface area contributed by atoms with Gasteiger partial charge in [0.15, 0.2) is 0 Å². The first-order chi connectivity index (χ1) is 12.6. The third-order valence-corrected chi connectivity index (χ3v) is 3.58. The molecule has 0 saturated heterocycles. The van der Waals surface area contributed by atoms with Crippen LogP contribution in [0.15, 0.2) is 43.2 Å². The van der Waals surface area contributed by atoms with E-state index in [9.17, 15) is 10.1 Å². The molecule has 134 valence electrons. The second-order valence-electron chi connectivity index (χ2n) is 5.55. The van der Waals surface area contributed by atoms with E-state index in [1.54, 1.807) is 18.6 Å². The van der Waals surface area contributed by atoms with Crippen molar-refractivity contribution >= 4 is 23.1 Å². The molecule has 3 aromatic rings. The number of nitrogens with zero attached hydrogens (tertiary/aromatic N) is 6. The molecule has 3 rings (SSSR count). The van der Waals surface area contributed by atoms with Crippen molar-refractivity contribution in [2.24, 2.45) is 0 Å². The number of aromatic nitrogens is 5. The molecule has 10 heteroatoms. The zero-order valence-electron chi connectivity index (χ0n) is 14.2. The largest absolute Gasteiger partial charge is 0.364 e. The molecular formula is C16H18N8O2. The van der Waals surface area contributed by atoms with Crippen molar-refractivity contribution in [3.05, 3.63) is 59.1 Å². The Morgan fingerprint density at radius 3 is 2.85 bits per heavy atom. The second kappa shape index (κ2) is 8.01. The Morgan fingerprint density at radius 2 is 2.12 bits per heavy atom. The number of anilines is 3. The lowest BCUT2D eigenvalue weighted by Crippen LogP contribution is -2.11. The number of hydrogen-bond donors (Lipinski definition) is 2. The smallest absolute Gasteiger partial charge is 0.353 e. The molecule has 3 aromatic heterocycles. The molecule has 3 heterocycles. The van der Waals surface area contributed by atoms with Gasteiger partial charge in [-0.05, 0) is 25.5 Å². The Kier molecular flexibility index (Phi) is 5.32. The highest BCUT2D eigenvalue weighted by atomic mass is 16.6. The van der Waals surface area contributed by atoms with Gasteiger partial charge in [-0.15, -0.1) is 0 Å². The maximum Gasteiger partial charge on any atom is 0.353 e. The summed E-state index contributed by atoms with van der Waals surface area (Å²) in [6.07, 6.45) is 7.34. The molecule has 0 unspecified atom stereocenters. The number of aryl methyl sites for hydroxylation is 2. The number of nitrogens with one attached hydrogen (secondary N) is 2. The zero-order valence-corrected chi connectivity index (χ0v) is 14.2. The van der Waals surface area contributed by atoms with Gasteiger partial charge in [-0.25, -0.2) is 19.9 Å². The molecule has 0 aliphatic carbocycles. The van der Waals surface area contributed by atoms with E-state index >= 15 is 0 Å². The predicted molar refractivity (Wildman–Crippen MR) is 96.3 cm³/mol. The van der Waals surface area contributed by atoms with Crippen LogP contribution in [-0.4, -0.2) is 36.0 Å². The lowest BCUT2D eigenvalue weighted by Gasteiger charge is -2.10. The van der Waals surface area contributed by atoms with Gasteiger partial charge >= 0.3 is 5.69 Å². The first-order valence-corrected chi connectivity index (χ1v) is 8.03. The molecule has 0 radical (unpaired) electrons. The molecular weight excluding hydrogens is 336 g/mol. The van der Waals surface area contributed by atoms with Crippen LogP contribution in [0.3, 0.4) is 0 Å². The van der Waals surface area contributed by atoms with Crippen molar-refractivity contribution in [3.8, 4) is 0 Å². The van der Waals surface area contributed by atoms with Gasteiger partial charge in [-0.2, -0.15) is 0 Å². The summed E-state index contributed by atoms with van der Waals surface area (Å²) in [5, 5.41) is 17.4. The Hall–Kier alpha value is -3.56. The van der Waals surface area contributed by atoms with Crippen LogP contribution in [-0.2, 0) is 6.54 Å². The van der Waals surface area contributed by atoms with Gasteiger partial charge in [-0.1, -0.05) is 6.07 Å². The average Bonchev–Trinajstić information content (AvgIpc) is 3.12. The Morgan fingerprint density at radius 1 is 1.27 bits per heavy atom. The van der Waals surface area contributed by atoms with Crippen LogP contribution in [0, 0.1) is 17.0 Å². The topological polar surface area (TPSA) is 124 Å². The minimum absolute atomic E-state index is 0.0974. The average molecular weight is 354 g/mol. The quantitative estimate of drug-likeness (QED) is 0.359. The first-order valence-electron chi connectivity index (χ1n) is 8.03. The van der Waals surface area contributed by atoms with Crippen molar-refractivity contribution in [2.75, 3.05) is 17.2 Å². The summed E-state index contributed by atoms with van der Waals surface area (Å²) in [5.41, 5.74) is 0.586. The molecule has 0 spiro atoms. The van der Waals surface area contributed by atoms with E-state index in [2.05, 4.69) is 30.6 Å². The standard InChI is InChI=1S/C16H18N8O2/c1-12-4-2-5-13(21-12)22-16-14(24(25)26)15(19-10-20-16)18-6-3-8-23-9-7-17-11-23/h2,4-5,7,9-11H,3,6,8H2,1H3,(H2,18,19,20,21,22). The summed E-state index contributed by atoms with van der Waals surface area (Å²) in [4.78, 5) is 27.3. The molecule has 0 saturated carbocycles. The highest BCUT2D eigenvalue weighted by Gasteiger charge is 2.23. The fourth-order valence-electron chi connectivity index (χ4n) is 2.39. The second-order valence-corrected chi connectivity index (χ2v) is 5.55. The molecule has 2 N–H and O–H groups in total. The van der Waals surface area contributed by atoms with Gasteiger partial charge in [0.1, 0.15) is 12.1 Å². The van der Waals surface area contributed by atoms with Gasteiger partial charge < -0.3 is 15.2 Å². The summed E-state index contributed by atoms with van der Waals surface area (Å²) < 4.78 is 1.94. The van der Waals surface area contributed by atoms with E-state index in [0.717, 1.165) is 18.7 Å². The Balaban J connectivity index is 1.72. The first kappa shape index (κ1) is 17.3. The van der Waals surface area contributed by atoms with Crippen LogP contribution in [0.25, 0.3) is 0 Å². The summed E-state index contributed by atoms with van der Waals surface area (Å²) in [6.45, 7) is 3.12. The van der Waals surface area contributed by atoms with E-state index in [4.69, 9.17) is 0 Å². The van der Waals surface area contributed by atoms with Crippen molar-refractivity contribution in [1.82, 2.24) is 24.5 Å². The molecule has 0 aromatic carbocycles. The van der Waals surface area contributed by atoms with Crippen molar-refractivity contribution in [2.45, 2.75) is 19.9 Å². The number of rotatable bonds is 8. The lowest BCUT2D eigenvalue weighted by atomic mass is 10.3. The van der Waals surface area contributed by atoms with E-state index in [1.165, 1.54) is 6.33 Å². The SMILES string of the molecule is Cc1cccc(Nc2ncnc(NCCCn3ccnc3)c2[N+](=O)[O-])n1. The fraction of sp³-hybridized carbons (Fsp3) is 0.250. The van der Waals surface area contributed by atoms with E-state index in [-0.39, 0.29) is 17.3 Å². The third kappa shape index (κ3) is 4.29. The van der Waals surface area contributed by atoms with E-state index < -0.39 is 4.92 Å². The maximum absolute atomic E-state index is 11.5. The van der Waals surface area contributed by atoms with Crippen LogP contribution < -0.4 is 10.6 Å². The van der Waals surface area contributed by atoms with Crippen molar-refractivity contribution < 1.29 is 4.92 Å². The highest BCUT2D eigenvalue weighted by Crippen LogP contribution is 2.30. The molecule has 0 aliphatic heterocycles.